The van der Waals surface area contributed by atoms with Crippen molar-refractivity contribution >= 4 is 19.8 Å². The summed E-state index contributed by atoms with van der Waals surface area (Å²) in [7, 11) is 1.51. The molecule has 2 atom stereocenters. The Morgan fingerprint density at radius 2 is 0.535 bits per heavy atom. The Morgan fingerprint density at radius 3 is 0.782 bits per heavy atom. The van der Waals surface area contributed by atoms with Gasteiger partial charge in [-0.05, 0) is 44.9 Å². The van der Waals surface area contributed by atoms with Gasteiger partial charge in [0.05, 0.1) is 27.7 Å². The maximum absolute atomic E-state index is 12.9. The number of phosphoric acid groups is 1. The molecule has 0 aliphatic carbocycles. The highest BCUT2D eigenvalue weighted by molar-refractivity contribution is 7.47. The highest BCUT2D eigenvalue weighted by atomic mass is 31.2. The maximum atomic E-state index is 12.9. The van der Waals surface area contributed by atoms with Crippen LogP contribution in [0.3, 0.4) is 0 Å². The number of hydrogen-bond acceptors (Lipinski definition) is 7. The Bertz CT molecular complexity index is 1750. The highest BCUT2D eigenvalue weighted by Gasteiger charge is 2.27. The van der Waals surface area contributed by atoms with E-state index in [9.17, 15) is 19.0 Å². The number of nitrogens with zero attached hydrogens (tertiary/aromatic N) is 1. The first-order valence-corrected chi connectivity index (χ1v) is 47.1. The van der Waals surface area contributed by atoms with Crippen LogP contribution in [0.25, 0.3) is 0 Å². The summed E-state index contributed by atoms with van der Waals surface area (Å²) in [5, 5.41) is 0. The van der Waals surface area contributed by atoms with Crippen LogP contribution in [0.4, 0.5) is 0 Å². The number of likely N-dealkylation sites (N-methyl/N-ethyl adjacent to an activating group) is 1. The summed E-state index contributed by atoms with van der Waals surface area (Å²) in [6, 6.07) is 0. The first kappa shape index (κ1) is 99.5. The Kier molecular flexibility index (Phi) is 81.3. The molecule has 10 heteroatoms. The first-order valence-electron chi connectivity index (χ1n) is 45.6. The van der Waals surface area contributed by atoms with Crippen LogP contribution < -0.4 is 0 Å². The van der Waals surface area contributed by atoms with Gasteiger partial charge in [-0.25, -0.2) is 4.57 Å². The SMILES string of the molecule is CCCCCCC/C=C\C/C=C\CCCCCCCCCCCCCCCCCCCCCCCCCCCCCCCC(=O)OC(COC(=O)CCCCCCCCCCCCCCCCCCCCCCCCCCCCCCCCCCCCCC)COP(=O)(O)OCC[N+](C)(C)C. The van der Waals surface area contributed by atoms with Gasteiger partial charge in [0.2, 0.25) is 0 Å². The normalized spacial score (nSPS) is 13.0. The number of carbonyl (C=O) groups is 2. The van der Waals surface area contributed by atoms with Crippen LogP contribution in [-0.2, 0) is 32.7 Å². The molecular weight excluding hydrogens is 1270 g/mol. The lowest BCUT2D eigenvalue weighted by Crippen LogP contribution is -2.37. The number of ether oxygens (including phenoxy) is 2. The van der Waals surface area contributed by atoms with Crippen molar-refractivity contribution in [2.24, 2.45) is 0 Å². The molecule has 0 aromatic carbocycles. The standard InChI is InChI=1S/C91H178NO8P/c1-6-8-10-12-14-16-18-20-22-24-26-28-30-32-34-36-38-40-42-44-45-46-47-48-50-52-54-56-58-60-62-64-66-68-70-72-74-76-78-80-82-84-91(94)100-89(88-99-101(95,96)98-86-85-92(3,4)5)87-97-90(93)83-81-79-77-75-73-71-69-67-65-63-61-59-57-55-53-51-49-43-41-39-37-35-33-31-29-27-25-23-21-19-17-15-13-11-9-7-2/h18,20,24,26,89H,6-17,19,21-23,25,27-88H2,1-5H3/p+1/b20-18-,26-24-. The highest BCUT2D eigenvalue weighted by Crippen LogP contribution is 2.43. The van der Waals surface area contributed by atoms with Gasteiger partial charge in [-0.15, -0.1) is 0 Å². The molecular formula is C91H179NO8P+. The van der Waals surface area contributed by atoms with Gasteiger partial charge in [0.1, 0.15) is 19.8 Å². The second-order valence-electron chi connectivity index (χ2n) is 32.7. The maximum Gasteiger partial charge on any atom is 0.472 e. The lowest BCUT2D eigenvalue weighted by Gasteiger charge is -2.24. The summed E-state index contributed by atoms with van der Waals surface area (Å²) < 4.78 is 34.9. The first-order chi connectivity index (χ1) is 49.5. The van der Waals surface area contributed by atoms with Crippen molar-refractivity contribution in [1.29, 1.82) is 0 Å². The largest absolute Gasteiger partial charge is 0.472 e. The molecule has 0 spiro atoms. The van der Waals surface area contributed by atoms with Crippen molar-refractivity contribution in [1.82, 2.24) is 0 Å². The number of hydrogen-bond donors (Lipinski definition) is 1. The van der Waals surface area contributed by atoms with E-state index in [4.69, 9.17) is 18.5 Å². The summed E-state index contributed by atoms with van der Waals surface area (Å²) in [6.07, 6.45) is 108. The smallest absolute Gasteiger partial charge is 0.462 e. The molecule has 0 aliphatic heterocycles. The molecule has 600 valence electrons. The van der Waals surface area contributed by atoms with Gasteiger partial charge in [0.15, 0.2) is 6.10 Å². The van der Waals surface area contributed by atoms with Crippen LogP contribution >= 0.6 is 7.82 Å². The molecule has 0 amide bonds. The Hall–Kier alpha value is -1.51. The van der Waals surface area contributed by atoms with Crippen LogP contribution in [0.5, 0.6) is 0 Å². The minimum atomic E-state index is -4.39. The van der Waals surface area contributed by atoms with Crippen molar-refractivity contribution in [3.8, 4) is 0 Å². The van der Waals surface area contributed by atoms with E-state index >= 15 is 0 Å². The third kappa shape index (κ3) is 87.3. The molecule has 101 heavy (non-hydrogen) atoms. The van der Waals surface area contributed by atoms with Crippen LogP contribution in [0.2, 0.25) is 0 Å². The van der Waals surface area contributed by atoms with E-state index in [1.807, 2.05) is 21.1 Å². The molecule has 0 aromatic rings. The number of quaternary nitrogens is 1. The predicted molar refractivity (Wildman–Crippen MR) is 441 cm³/mol. The van der Waals surface area contributed by atoms with Crippen LogP contribution in [-0.4, -0.2) is 74.9 Å². The summed E-state index contributed by atoms with van der Waals surface area (Å²) in [4.78, 5) is 36.1. The fraction of sp³-hybridized carbons (Fsp3) is 0.934. The topological polar surface area (TPSA) is 108 Å². The summed E-state index contributed by atoms with van der Waals surface area (Å²) in [5.74, 6) is -0.764. The molecule has 0 heterocycles. The molecule has 0 bridgehead atoms. The van der Waals surface area contributed by atoms with E-state index in [2.05, 4.69) is 38.2 Å². The molecule has 1 N–H and O–H groups in total. The van der Waals surface area contributed by atoms with Crippen molar-refractivity contribution in [3.05, 3.63) is 24.3 Å². The summed E-state index contributed by atoms with van der Waals surface area (Å²) in [6.45, 7) is 4.53. The summed E-state index contributed by atoms with van der Waals surface area (Å²) in [5.41, 5.74) is 0. The monoisotopic (exact) mass is 1450 g/mol. The molecule has 0 radical (unpaired) electrons. The molecule has 9 nitrogen and oxygen atoms in total. The van der Waals surface area contributed by atoms with Gasteiger partial charge in [0, 0.05) is 12.8 Å². The van der Waals surface area contributed by atoms with Gasteiger partial charge < -0.3 is 18.9 Å². The Morgan fingerprint density at radius 1 is 0.307 bits per heavy atom. The molecule has 0 fully saturated rings. The van der Waals surface area contributed by atoms with E-state index in [0.717, 1.165) is 44.9 Å². The lowest BCUT2D eigenvalue weighted by atomic mass is 10.0. The van der Waals surface area contributed by atoms with Crippen LogP contribution in [0.15, 0.2) is 24.3 Å². The molecule has 0 saturated carbocycles. The zero-order valence-electron chi connectivity index (χ0n) is 68.9. The third-order valence-corrected chi connectivity index (χ3v) is 22.2. The molecule has 0 rings (SSSR count). The second-order valence-corrected chi connectivity index (χ2v) is 34.2. The van der Waals surface area contributed by atoms with E-state index < -0.39 is 26.5 Å². The van der Waals surface area contributed by atoms with Gasteiger partial charge in [0.25, 0.3) is 0 Å². The minimum absolute atomic E-state index is 0.0369. The zero-order valence-corrected chi connectivity index (χ0v) is 69.8. The van der Waals surface area contributed by atoms with E-state index in [1.165, 1.54) is 424 Å². The van der Waals surface area contributed by atoms with Gasteiger partial charge in [-0.3, -0.25) is 18.6 Å². The van der Waals surface area contributed by atoms with Crippen LogP contribution in [0, 0.1) is 0 Å². The molecule has 0 aromatic heterocycles. The van der Waals surface area contributed by atoms with Crippen molar-refractivity contribution in [2.45, 2.75) is 502 Å². The number of phosphoric ester groups is 1. The quantitative estimate of drug-likeness (QED) is 0.0211. The fourth-order valence-corrected chi connectivity index (χ4v) is 15.0. The van der Waals surface area contributed by atoms with E-state index in [1.54, 1.807) is 0 Å². The number of unbranched alkanes of at least 4 members (excludes halogenated alkanes) is 69. The molecule has 0 aliphatic rings. The Balaban J connectivity index is 3.82. The average Bonchev–Trinajstić information content (AvgIpc) is 1.02. The van der Waals surface area contributed by atoms with Gasteiger partial charge in [-0.2, -0.15) is 0 Å². The lowest BCUT2D eigenvalue weighted by molar-refractivity contribution is -0.870. The Labute approximate surface area is 631 Å². The van der Waals surface area contributed by atoms with Gasteiger partial charge >= 0.3 is 19.8 Å². The molecule has 2 unspecified atom stereocenters. The number of rotatable bonds is 87. The van der Waals surface area contributed by atoms with Crippen molar-refractivity contribution in [2.75, 3.05) is 47.5 Å². The van der Waals surface area contributed by atoms with Crippen molar-refractivity contribution < 1.29 is 42.1 Å². The van der Waals surface area contributed by atoms with Crippen molar-refractivity contribution in [3.63, 3.8) is 0 Å². The van der Waals surface area contributed by atoms with E-state index in [-0.39, 0.29) is 25.6 Å². The number of carbonyl (C=O) groups excluding carboxylic acids is 2. The number of allylic oxidation sites excluding steroid dienone is 4. The minimum Gasteiger partial charge on any atom is -0.462 e. The number of esters is 2. The fourth-order valence-electron chi connectivity index (χ4n) is 14.3. The van der Waals surface area contributed by atoms with E-state index in [0.29, 0.717) is 17.4 Å². The summed E-state index contributed by atoms with van der Waals surface area (Å²) >= 11 is 0. The zero-order chi connectivity index (χ0) is 73.3. The average molecular weight is 1450 g/mol. The second kappa shape index (κ2) is 82.5. The van der Waals surface area contributed by atoms with Crippen LogP contribution in [0.1, 0.15) is 495 Å². The third-order valence-electron chi connectivity index (χ3n) is 21.2. The van der Waals surface area contributed by atoms with Gasteiger partial charge in [-0.1, -0.05) is 462 Å². The predicted octanol–water partition coefficient (Wildman–Crippen LogP) is 30.7. The molecule has 0 saturated heterocycles.